The molecule has 7 heteroatoms. The molecule has 1 fully saturated rings. The Morgan fingerprint density at radius 2 is 1.63 bits per heavy atom. The maximum atomic E-state index is 13.9. The maximum absolute atomic E-state index is 13.9. The van der Waals surface area contributed by atoms with E-state index in [1.54, 1.807) is 0 Å². The minimum atomic E-state index is -2.29. The quantitative estimate of drug-likeness (QED) is 0.247. The first kappa shape index (κ1) is 29.8. The Balaban J connectivity index is 1.95. The molecular weight excluding hydrogens is 494 g/mol. The second-order valence-corrected chi connectivity index (χ2v) is 16.7. The molecule has 0 saturated carbocycles. The molecule has 0 bridgehead atoms. The fourth-order valence-corrected chi connectivity index (χ4v) is 9.84. The number of hydrogen-bond acceptors (Lipinski definition) is 5. The van der Waals surface area contributed by atoms with Gasteiger partial charge in [0.25, 0.3) is 0 Å². The number of cyclic esters (lactones) is 1. The largest absolute Gasteiger partial charge is 0.441 e. The van der Waals surface area contributed by atoms with Gasteiger partial charge < -0.3 is 14.3 Å². The van der Waals surface area contributed by atoms with Crippen molar-refractivity contribution in [3.8, 4) is 0 Å². The molecule has 4 atom stereocenters. The van der Waals surface area contributed by atoms with E-state index in [1.807, 2.05) is 76.2 Å². The molecule has 0 N–H and O–H groups in total. The lowest BCUT2D eigenvalue weighted by Gasteiger charge is -2.41. The number of benzene rings is 2. The molecule has 38 heavy (non-hydrogen) atoms. The van der Waals surface area contributed by atoms with Crippen molar-refractivity contribution in [3.63, 3.8) is 0 Å². The van der Waals surface area contributed by atoms with Crippen molar-refractivity contribution in [1.29, 1.82) is 0 Å². The van der Waals surface area contributed by atoms with Gasteiger partial charge in [0.15, 0.2) is 0 Å². The zero-order chi connectivity index (χ0) is 28.1. The number of amides is 2. The highest BCUT2D eigenvalue weighted by atomic mass is 28.3. The molecule has 1 aliphatic rings. The van der Waals surface area contributed by atoms with Crippen molar-refractivity contribution in [3.05, 3.63) is 66.2 Å². The van der Waals surface area contributed by atoms with Gasteiger partial charge in [0.1, 0.15) is 11.9 Å². The molecule has 2 aromatic rings. The molecule has 2 amide bonds. The smallest absolute Gasteiger partial charge is 0.417 e. The Labute approximate surface area is 228 Å². The zero-order valence-corrected chi connectivity index (χ0v) is 24.8. The molecule has 1 heterocycles. The molecule has 0 radical (unpaired) electrons. The molecule has 206 valence electrons. The zero-order valence-electron chi connectivity index (χ0n) is 23.8. The fraction of sp³-hybridized carbons (Fsp3) is 0.516. The SMILES string of the molecule is CC(C)[C@H]1N(C(=O)C[C@H]([C@@H](C)[C@@H](CC=O)OCc2ccccc2)[Si](C)(C)c2ccccc2)C(=O)OC1(C)C. The first-order chi connectivity index (χ1) is 17.9. The second-order valence-electron chi connectivity index (χ2n) is 11.9. The van der Waals surface area contributed by atoms with Gasteiger partial charge in [-0.05, 0) is 36.8 Å². The summed E-state index contributed by atoms with van der Waals surface area (Å²) < 4.78 is 12.0. The molecule has 0 unspecified atom stereocenters. The van der Waals surface area contributed by atoms with E-state index in [4.69, 9.17) is 9.47 Å². The van der Waals surface area contributed by atoms with Crippen LogP contribution in [0.2, 0.25) is 18.6 Å². The van der Waals surface area contributed by atoms with Crippen LogP contribution in [0.15, 0.2) is 60.7 Å². The van der Waals surface area contributed by atoms with Crippen molar-refractivity contribution in [2.45, 2.75) is 90.4 Å². The van der Waals surface area contributed by atoms with Crippen LogP contribution in [0.25, 0.3) is 0 Å². The highest BCUT2D eigenvalue weighted by Gasteiger charge is 2.53. The van der Waals surface area contributed by atoms with E-state index < -0.39 is 19.8 Å². The Bertz CT molecular complexity index is 1090. The summed E-state index contributed by atoms with van der Waals surface area (Å²) in [7, 11) is -2.29. The maximum Gasteiger partial charge on any atom is 0.417 e. The fourth-order valence-electron chi connectivity index (χ4n) is 6.15. The van der Waals surface area contributed by atoms with Crippen LogP contribution >= 0.6 is 0 Å². The van der Waals surface area contributed by atoms with E-state index >= 15 is 0 Å². The third-order valence-electron chi connectivity index (χ3n) is 8.13. The summed E-state index contributed by atoms with van der Waals surface area (Å²) in [6.45, 7) is 14.7. The number of carbonyl (C=O) groups is 3. The van der Waals surface area contributed by atoms with Gasteiger partial charge in [0, 0.05) is 12.8 Å². The number of carbonyl (C=O) groups excluding carboxylic acids is 3. The van der Waals surface area contributed by atoms with Gasteiger partial charge in [-0.25, -0.2) is 9.69 Å². The van der Waals surface area contributed by atoms with Crippen LogP contribution in [0.4, 0.5) is 4.79 Å². The number of rotatable bonds is 12. The summed E-state index contributed by atoms with van der Waals surface area (Å²) in [5.74, 6) is -0.271. The van der Waals surface area contributed by atoms with Crippen molar-refractivity contribution in [2.24, 2.45) is 11.8 Å². The average Bonchev–Trinajstić information content (AvgIpc) is 3.13. The van der Waals surface area contributed by atoms with Crippen LogP contribution in [0.1, 0.15) is 53.0 Å². The van der Waals surface area contributed by atoms with Crippen LogP contribution in [-0.4, -0.2) is 49.0 Å². The lowest BCUT2D eigenvalue weighted by atomic mass is 9.88. The van der Waals surface area contributed by atoms with Crippen LogP contribution in [0, 0.1) is 11.8 Å². The predicted molar refractivity (Wildman–Crippen MR) is 153 cm³/mol. The third-order valence-corrected chi connectivity index (χ3v) is 12.5. The summed E-state index contributed by atoms with van der Waals surface area (Å²) in [4.78, 5) is 40.0. The third kappa shape index (κ3) is 6.61. The van der Waals surface area contributed by atoms with E-state index in [0.717, 1.165) is 11.8 Å². The van der Waals surface area contributed by atoms with Gasteiger partial charge in [0.05, 0.1) is 26.8 Å². The summed E-state index contributed by atoms with van der Waals surface area (Å²) >= 11 is 0. The average molecular weight is 538 g/mol. The first-order valence-electron chi connectivity index (χ1n) is 13.6. The number of nitrogens with zero attached hydrogens (tertiary/aromatic N) is 1. The van der Waals surface area contributed by atoms with Crippen molar-refractivity contribution in [1.82, 2.24) is 4.90 Å². The Hall–Kier alpha value is -2.77. The van der Waals surface area contributed by atoms with E-state index in [1.165, 1.54) is 10.1 Å². The van der Waals surface area contributed by atoms with Crippen LogP contribution in [0.3, 0.4) is 0 Å². The van der Waals surface area contributed by atoms with Gasteiger partial charge in [-0.1, -0.05) is 99.7 Å². The van der Waals surface area contributed by atoms with E-state index in [9.17, 15) is 14.4 Å². The lowest BCUT2D eigenvalue weighted by molar-refractivity contribution is -0.131. The number of hydrogen-bond donors (Lipinski definition) is 0. The standard InChI is InChI=1S/C31H43NO5Si/c1-22(2)29-31(4,5)37-30(35)32(29)28(34)20-27(38(6,7)25-16-12-9-13-17-25)23(3)26(18-19-33)36-21-24-14-10-8-11-15-24/h8-17,19,22-23,26-27,29H,18,20-21H2,1-7H3/t23-,26+,27+,29+/m0/s1. The lowest BCUT2D eigenvalue weighted by Crippen LogP contribution is -2.53. The summed E-state index contributed by atoms with van der Waals surface area (Å²) in [6.07, 6.45) is 0.397. The summed E-state index contributed by atoms with van der Waals surface area (Å²) in [5, 5.41) is 1.22. The highest BCUT2D eigenvalue weighted by Crippen LogP contribution is 2.40. The molecule has 6 nitrogen and oxygen atoms in total. The van der Waals surface area contributed by atoms with Gasteiger partial charge in [0.2, 0.25) is 5.91 Å². The number of ether oxygens (including phenoxy) is 2. The summed E-state index contributed by atoms with van der Waals surface area (Å²) in [5.41, 5.74) is 0.194. The van der Waals surface area contributed by atoms with Crippen molar-refractivity contribution in [2.75, 3.05) is 0 Å². The second kappa shape index (κ2) is 12.4. The monoisotopic (exact) mass is 537 g/mol. The molecule has 1 saturated heterocycles. The number of aldehydes is 1. The summed E-state index contributed by atoms with van der Waals surface area (Å²) in [6, 6.07) is 19.8. The Kier molecular flexibility index (Phi) is 9.71. The van der Waals surface area contributed by atoms with Crippen LogP contribution in [0.5, 0.6) is 0 Å². The molecule has 2 aromatic carbocycles. The van der Waals surface area contributed by atoms with E-state index in [2.05, 4.69) is 32.2 Å². The van der Waals surface area contributed by atoms with Gasteiger partial charge in [-0.2, -0.15) is 0 Å². The van der Waals surface area contributed by atoms with Crippen LogP contribution in [-0.2, 0) is 25.7 Å². The van der Waals surface area contributed by atoms with E-state index in [-0.39, 0.29) is 48.3 Å². The van der Waals surface area contributed by atoms with Crippen molar-refractivity contribution >= 4 is 31.5 Å². The number of imide groups is 1. The van der Waals surface area contributed by atoms with Gasteiger partial charge >= 0.3 is 6.09 Å². The van der Waals surface area contributed by atoms with Gasteiger partial charge in [-0.15, -0.1) is 0 Å². The first-order valence-corrected chi connectivity index (χ1v) is 16.7. The van der Waals surface area contributed by atoms with E-state index in [0.29, 0.717) is 6.61 Å². The molecule has 1 aliphatic heterocycles. The van der Waals surface area contributed by atoms with Gasteiger partial charge in [-0.3, -0.25) is 4.79 Å². The predicted octanol–water partition coefficient (Wildman–Crippen LogP) is 5.95. The molecule has 3 rings (SSSR count). The Morgan fingerprint density at radius 3 is 2.18 bits per heavy atom. The highest BCUT2D eigenvalue weighted by molar-refractivity contribution is 6.91. The molecule has 0 aromatic heterocycles. The molecule has 0 spiro atoms. The molecule has 0 aliphatic carbocycles. The minimum absolute atomic E-state index is 0.0488. The Morgan fingerprint density at radius 1 is 1.05 bits per heavy atom. The van der Waals surface area contributed by atoms with Crippen LogP contribution < -0.4 is 5.19 Å². The minimum Gasteiger partial charge on any atom is -0.441 e. The molecular formula is C31H43NO5Si. The van der Waals surface area contributed by atoms with Crippen molar-refractivity contribution < 1.29 is 23.9 Å². The topological polar surface area (TPSA) is 72.9 Å². The normalized spacial score (nSPS) is 19.6.